The molecule has 0 unspecified atom stereocenters. The van der Waals surface area contributed by atoms with E-state index in [4.69, 9.17) is 14.2 Å². The fourth-order valence-corrected chi connectivity index (χ4v) is 12.9. The van der Waals surface area contributed by atoms with Crippen LogP contribution >= 0.6 is 16.1 Å². The number of carbonyl (C=O) groups is 2. The van der Waals surface area contributed by atoms with Crippen LogP contribution in [0.3, 0.4) is 0 Å². The molecule has 5 rings (SSSR count). The van der Waals surface area contributed by atoms with Gasteiger partial charge >= 0.3 is 32.4 Å². The topological polar surface area (TPSA) is 68.3 Å². The monoisotopic (exact) mass is 882 g/mol. The van der Waals surface area contributed by atoms with Crippen molar-refractivity contribution in [1.82, 2.24) is 0 Å². The number of ether oxygens (including phenoxy) is 3. The van der Waals surface area contributed by atoms with Crippen LogP contribution in [0.1, 0.15) is 68.2 Å². The molecular weight excluding hydrogens is 828 g/mol. The Morgan fingerprint density at radius 3 is 1.42 bits per heavy atom. The van der Waals surface area contributed by atoms with E-state index in [1.54, 1.807) is 0 Å². The molecule has 1 saturated heterocycles. The van der Waals surface area contributed by atoms with Gasteiger partial charge in [0.05, 0.1) is 24.6 Å². The largest absolute Gasteiger partial charge is 2.00 e. The molecule has 290 valence electrons. The number of halogens is 2. The minimum atomic E-state index is -1.43. The van der Waals surface area contributed by atoms with Crippen LogP contribution in [0.5, 0.6) is 0 Å². The molecule has 12 heteroatoms. The second-order valence-electron chi connectivity index (χ2n) is 14.8. The molecular formula is C40H56Cl2N2O5P2Pd. The number of esters is 2. The van der Waals surface area contributed by atoms with Gasteiger partial charge in [-0.25, -0.2) is 0 Å². The average molecular weight is 884 g/mol. The van der Waals surface area contributed by atoms with E-state index in [9.17, 15) is 9.59 Å². The Bertz CT molecular complexity index is 1400. The molecule has 2 atom stereocenters. The van der Waals surface area contributed by atoms with Gasteiger partial charge in [-0.05, 0) is 68.2 Å². The van der Waals surface area contributed by atoms with Crippen molar-refractivity contribution in [3.05, 3.63) is 84.9 Å². The second kappa shape index (κ2) is 22.6. The molecule has 2 aliphatic heterocycles. The van der Waals surface area contributed by atoms with E-state index >= 15 is 0 Å². The Morgan fingerprint density at radius 2 is 1.08 bits per heavy atom. The molecule has 0 radical (unpaired) electrons. The molecule has 2 aliphatic rings. The van der Waals surface area contributed by atoms with Crippen molar-refractivity contribution in [2.75, 3.05) is 48.9 Å². The van der Waals surface area contributed by atoms with Crippen molar-refractivity contribution >= 4 is 50.1 Å². The summed E-state index contributed by atoms with van der Waals surface area (Å²) in [5.41, 5.74) is 0.505. The van der Waals surface area contributed by atoms with Crippen LogP contribution in [0.15, 0.2) is 84.9 Å². The van der Waals surface area contributed by atoms with Gasteiger partial charge < -0.3 is 48.4 Å². The Kier molecular flexibility index (Phi) is 21.0. The normalized spacial score (nSPS) is 15.2. The molecule has 0 aromatic heterocycles. The Hall–Kier alpha value is -1.74. The van der Waals surface area contributed by atoms with Gasteiger partial charge in [0.1, 0.15) is 19.5 Å². The molecule has 1 fully saturated rings. The third-order valence-corrected chi connectivity index (χ3v) is 13.7. The number of anilines is 2. The fraction of sp³-hybridized carbons (Fsp3) is 0.500. The van der Waals surface area contributed by atoms with E-state index in [2.05, 4.69) is 99.4 Å². The van der Waals surface area contributed by atoms with Crippen LogP contribution in [0.25, 0.3) is 0 Å². The summed E-state index contributed by atoms with van der Waals surface area (Å²) in [5, 5.41) is 2.05. The minimum Gasteiger partial charge on any atom is -1.00 e. The van der Waals surface area contributed by atoms with Gasteiger partial charge in [0, 0.05) is 26.3 Å². The molecule has 0 N–H and O–H groups in total. The van der Waals surface area contributed by atoms with Crippen molar-refractivity contribution in [3.8, 4) is 0 Å². The maximum atomic E-state index is 14.6. The van der Waals surface area contributed by atoms with Crippen LogP contribution in [0, 0.1) is 10.8 Å². The van der Waals surface area contributed by atoms with Gasteiger partial charge in [-0.1, -0.05) is 114 Å². The van der Waals surface area contributed by atoms with E-state index in [0.717, 1.165) is 48.3 Å². The fourth-order valence-electron chi connectivity index (χ4n) is 6.10. The quantitative estimate of drug-likeness (QED) is 0.167. The van der Waals surface area contributed by atoms with Crippen LogP contribution in [0.4, 0.5) is 11.4 Å². The number of nitrogens with zero attached hydrogens (tertiary/aromatic N) is 2. The Labute approximate surface area is 341 Å². The van der Waals surface area contributed by atoms with Gasteiger partial charge in [-0.2, -0.15) is 0 Å². The number of para-hydroxylation sites is 2. The molecule has 7 nitrogen and oxygen atoms in total. The molecule has 52 heavy (non-hydrogen) atoms. The van der Waals surface area contributed by atoms with Crippen LogP contribution in [-0.2, 0) is 44.2 Å². The summed E-state index contributed by atoms with van der Waals surface area (Å²) >= 11 is 0. The molecule has 0 spiro atoms. The van der Waals surface area contributed by atoms with Crippen molar-refractivity contribution in [2.24, 2.45) is 10.8 Å². The Balaban J connectivity index is 0.00000156. The van der Waals surface area contributed by atoms with Gasteiger partial charge in [0.25, 0.3) is 0 Å². The molecule has 3 aromatic rings. The van der Waals surface area contributed by atoms with Crippen molar-refractivity contribution in [1.29, 1.82) is 0 Å². The van der Waals surface area contributed by atoms with Crippen molar-refractivity contribution < 1.29 is 69.0 Å². The first-order valence-electron chi connectivity index (χ1n) is 17.6. The first kappa shape index (κ1) is 48.3. The Morgan fingerprint density at radius 1 is 0.692 bits per heavy atom. The maximum Gasteiger partial charge on any atom is 2.00 e. The molecule has 0 amide bonds. The zero-order chi connectivity index (χ0) is 35.6. The maximum absolute atomic E-state index is 14.6. The van der Waals surface area contributed by atoms with Crippen molar-refractivity contribution in [2.45, 2.75) is 79.5 Å². The number of hydrogen-bond donors (Lipinski definition) is 0. The van der Waals surface area contributed by atoms with E-state index in [1.807, 2.05) is 50.2 Å². The number of benzene rings is 3. The zero-order valence-corrected chi connectivity index (χ0v) is 36.7. The molecule has 0 saturated carbocycles. The van der Waals surface area contributed by atoms with Crippen LogP contribution < -0.4 is 44.8 Å². The molecule has 3 aromatic carbocycles. The summed E-state index contributed by atoms with van der Waals surface area (Å²) in [6.07, 6.45) is 2.56. The molecule has 0 bridgehead atoms. The zero-order valence-electron chi connectivity index (χ0n) is 31.8. The van der Waals surface area contributed by atoms with Gasteiger partial charge in [0.2, 0.25) is 0 Å². The van der Waals surface area contributed by atoms with Gasteiger partial charge in [-0.3, -0.25) is 9.59 Å². The van der Waals surface area contributed by atoms with E-state index in [0.29, 0.717) is 0 Å². The predicted octanol–water partition coefficient (Wildman–Crippen LogP) is 2.52. The third kappa shape index (κ3) is 13.2. The van der Waals surface area contributed by atoms with Gasteiger partial charge in [-0.15, -0.1) is 0 Å². The summed E-state index contributed by atoms with van der Waals surface area (Å²) < 4.78 is 21.6. The van der Waals surface area contributed by atoms with Crippen LogP contribution in [0.2, 0.25) is 0 Å². The third-order valence-electron chi connectivity index (χ3n) is 7.96. The van der Waals surface area contributed by atoms with E-state index in [-0.39, 0.29) is 81.2 Å². The van der Waals surface area contributed by atoms with Crippen molar-refractivity contribution in [3.63, 3.8) is 0 Å². The summed E-state index contributed by atoms with van der Waals surface area (Å²) in [6, 6.07) is 28.7. The van der Waals surface area contributed by atoms with E-state index < -0.39 is 27.5 Å². The molecule has 0 aliphatic carbocycles. The smallest absolute Gasteiger partial charge is 1.00 e. The summed E-state index contributed by atoms with van der Waals surface area (Å²) in [6.45, 7) is 20.9. The number of carbonyl (C=O) groups excluding carboxylic acids is 2. The van der Waals surface area contributed by atoms with Gasteiger partial charge in [0.15, 0.2) is 0 Å². The predicted molar refractivity (Wildman–Crippen MR) is 207 cm³/mol. The second-order valence-corrected chi connectivity index (χ2v) is 19.3. The average Bonchev–Trinajstić information content (AvgIpc) is 3.73. The molecule has 2 heterocycles. The first-order chi connectivity index (χ1) is 23.4. The first-order valence-corrected chi connectivity index (χ1v) is 20.3. The number of rotatable bonds is 11. The number of hydrogen-bond acceptors (Lipinski definition) is 7. The van der Waals surface area contributed by atoms with E-state index in [1.165, 1.54) is 12.8 Å². The SMILES string of the molecule is C1CCOC1.CCOC(=O)[C@@H]([C@H](C(=O)OCC)P1N(CC(C)(C)C)c2ccccc2N1CC(C)(C)C)P(c1ccccc1)c1ccccc1.[Cl-].[Cl-].[Pd+2]. The summed E-state index contributed by atoms with van der Waals surface area (Å²) in [5.74, 6) is -0.698. The summed E-state index contributed by atoms with van der Waals surface area (Å²) in [4.78, 5) is 29.0. The summed E-state index contributed by atoms with van der Waals surface area (Å²) in [7, 11) is -2.79. The minimum absolute atomic E-state index is 0. The number of fused-ring (bicyclic) bond motifs is 1. The van der Waals surface area contributed by atoms with Crippen LogP contribution in [-0.4, -0.2) is 62.8 Å². The standard InChI is InChI=1S/C36H48N2O4P2.C4H8O.2ClH.Pd/c1-9-41-33(39)31(43(27-19-13-11-14-20-27)28-21-15-12-16-22-28)32(34(40)42-10-2)44-37(25-35(3,4)5)29-23-17-18-24-30(29)38(44)26-36(6,7)8;1-2-4-5-3-1;;;/h11-24,31-32H,9-10,25-26H2,1-8H3;1-4H2;2*1H;/q;;;;+2/p-2/t31-,32-;;;;/m1..../s1.